The first kappa shape index (κ1) is 18.9. The lowest BCUT2D eigenvalue weighted by Crippen LogP contribution is -2.54. The minimum absolute atomic E-state index is 0.0129. The molecule has 26 heavy (non-hydrogen) atoms. The van der Waals surface area contributed by atoms with E-state index in [1.54, 1.807) is 0 Å². The van der Waals surface area contributed by atoms with Crippen molar-refractivity contribution in [3.05, 3.63) is 23.8 Å². The van der Waals surface area contributed by atoms with E-state index in [2.05, 4.69) is 41.9 Å². The summed E-state index contributed by atoms with van der Waals surface area (Å²) < 4.78 is 0. The standard InChI is InChI=1S/C23H33BrO2/c1-21-11-7-17(25)15-16(21)5-6-18-19(21)8-12-22(2)20(18)9-13-23(22,26)10-3-4-14-24/h3,10,15,18-20,26H,4-9,11-14H2,1-2H3/b10-3-/t18?,19?,20?,21-,22-,23?/m0/s1. The smallest absolute Gasteiger partial charge is 0.155 e. The van der Waals surface area contributed by atoms with Gasteiger partial charge in [-0.05, 0) is 80.6 Å². The van der Waals surface area contributed by atoms with Gasteiger partial charge in [-0.2, -0.15) is 0 Å². The van der Waals surface area contributed by atoms with Gasteiger partial charge >= 0.3 is 0 Å². The number of hydrogen-bond donors (Lipinski definition) is 1. The minimum atomic E-state index is -0.635. The van der Waals surface area contributed by atoms with E-state index in [1.807, 2.05) is 6.08 Å². The summed E-state index contributed by atoms with van der Waals surface area (Å²) in [6.07, 6.45) is 15.7. The molecule has 0 radical (unpaired) electrons. The van der Waals surface area contributed by atoms with Gasteiger partial charge < -0.3 is 5.11 Å². The lowest BCUT2D eigenvalue weighted by atomic mass is 9.46. The third kappa shape index (κ3) is 2.64. The number of alkyl halides is 1. The zero-order chi connectivity index (χ0) is 18.6. The second-order valence-electron chi connectivity index (χ2n) is 9.77. The van der Waals surface area contributed by atoms with Crippen LogP contribution in [0, 0.1) is 28.6 Å². The summed E-state index contributed by atoms with van der Waals surface area (Å²) in [7, 11) is 0. The summed E-state index contributed by atoms with van der Waals surface area (Å²) in [5, 5.41) is 12.5. The molecule has 0 saturated heterocycles. The lowest BCUT2D eigenvalue weighted by Gasteiger charge is -2.59. The normalized spacial score (nSPS) is 48.1. The van der Waals surface area contributed by atoms with Crippen LogP contribution in [0.15, 0.2) is 23.8 Å². The summed E-state index contributed by atoms with van der Waals surface area (Å²) >= 11 is 3.48. The molecule has 0 heterocycles. The van der Waals surface area contributed by atoms with Gasteiger partial charge in [0.05, 0.1) is 5.60 Å². The molecule has 4 rings (SSSR count). The Balaban J connectivity index is 1.62. The molecule has 1 N–H and O–H groups in total. The third-order valence-corrected chi connectivity index (χ3v) is 9.30. The molecule has 0 aromatic carbocycles. The maximum atomic E-state index is 11.9. The monoisotopic (exact) mass is 420 g/mol. The second-order valence-corrected chi connectivity index (χ2v) is 10.6. The highest BCUT2D eigenvalue weighted by Gasteiger charge is 2.63. The molecule has 0 aromatic rings. The van der Waals surface area contributed by atoms with E-state index in [0.717, 1.165) is 50.3 Å². The van der Waals surface area contributed by atoms with Crippen LogP contribution >= 0.6 is 15.9 Å². The van der Waals surface area contributed by atoms with Crippen molar-refractivity contribution in [3.63, 3.8) is 0 Å². The van der Waals surface area contributed by atoms with Crippen molar-refractivity contribution in [2.24, 2.45) is 28.6 Å². The highest BCUT2D eigenvalue weighted by molar-refractivity contribution is 9.09. The van der Waals surface area contributed by atoms with E-state index in [9.17, 15) is 9.90 Å². The average Bonchev–Trinajstić information content (AvgIpc) is 2.87. The van der Waals surface area contributed by atoms with Crippen molar-refractivity contribution in [2.75, 3.05) is 5.33 Å². The van der Waals surface area contributed by atoms with Gasteiger partial charge in [0.25, 0.3) is 0 Å². The van der Waals surface area contributed by atoms with Gasteiger partial charge in [-0.1, -0.05) is 47.5 Å². The number of carbonyl (C=O) groups excluding carboxylic acids is 1. The Labute approximate surface area is 166 Å². The maximum absolute atomic E-state index is 11.9. The molecule has 0 amide bonds. The van der Waals surface area contributed by atoms with Crippen LogP contribution in [0.2, 0.25) is 0 Å². The van der Waals surface area contributed by atoms with E-state index < -0.39 is 5.60 Å². The first-order valence-electron chi connectivity index (χ1n) is 10.5. The molecular formula is C23H33BrO2. The molecule has 3 fully saturated rings. The first-order chi connectivity index (χ1) is 12.3. The summed E-state index contributed by atoms with van der Waals surface area (Å²) in [4.78, 5) is 11.9. The largest absolute Gasteiger partial charge is 0.385 e. The van der Waals surface area contributed by atoms with Gasteiger partial charge in [0, 0.05) is 17.2 Å². The molecule has 0 aliphatic heterocycles. The van der Waals surface area contributed by atoms with E-state index in [-0.39, 0.29) is 10.8 Å². The first-order valence-corrected chi connectivity index (χ1v) is 11.7. The summed E-state index contributed by atoms with van der Waals surface area (Å²) in [6.45, 7) is 4.79. The van der Waals surface area contributed by atoms with Crippen LogP contribution in [0.4, 0.5) is 0 Å². The highest BCUT2D eigenvalue weighted by atomic mass is 79.9. The summed E-state index contributed by atoms with van der Waals surface area (Å²) in [5.41, 5.74) is 1.04. The van der Waals surface area contributed by atoms with Crippen LogP contribution in [-0.2, 0) is 4.79 Å². The van der Waals surface area contributed by atoms with Crippen molar-refractivity contribution in [3.8, 4) is 0 Å². The number of rotatable bonds is 3. The number of halogens is 1. The maximum Gasteiger partial charge on any atom is 0.155 e. The quantitative estimate of drug-likeness (QED) is 0.476. The Kier molecular flexibility index (Phi) is 4.79. The molecule has 4 aliphatic rings. The van der Waals surface area contributed by atoms with Crippen LogP contribution < -0.4 is 0 Å². The Morgan fingerprint density at radius 1 is 1.15 bits per heavy atom. The SMILES string of the molecule is C[C@]12CCC(=O)C=C1CCC1C2CC[C@@]2(C)C1CCC2(O)/C=C\CCBr. The van der Waals surface area contributed by atoms with E-state index in [1.165, 1.54) is 18.4 Å². The van der Waals surface area contributed by atoms with Gasteiger partial charge in [-0.25, -0.2) is 0 Å². The molecule has 144 valence electrons. The molecule has 3 heteroatoms. The van der Waals surface area contributed by atoms with Crippen molar-refractivity contribution in [2.45, 2.75) is 77.2 Å². The molecule has 3 saturated carbocycles. The molecule has 0 spiro atoms. The molecule has 0 aromatic heterocycles. The van der Waals surface area contributed by atoms with E-state index in [4.69, 9.17) is 0 Å². The van der Waals surface area contributed by atoms with Crippen LogP contribution in [0.5, 0.6) is 0 Å². The van der Waals surface area contributed by atoms with Gasteiger partial charge in [0.2, 0.25) is 0 Å². The fraction of sp³-hybridized carbons (Fsp3) is 0.783. The summed E-state index contributed by atoms with van der Waals surface area (Å²) in [5.74, 6) is 2.37. The highest BCUT2D eigenvalue weighted by Crippen LogP contribution is 2.67. The number of ketones is 1. The number of carbonyl (C=O) groups is 1. The fourth-order valence-corrected chi connectivity index (χ4v) is 7.49. The Bertz CT molecular complexity index is 653. The second kappa shape index (κ2) is 6.58. The van der Waals surface area contributed by atoms with Crippen LogP contribution in [0.1, 0.15) is 71.6 Å². The van der Waals surface area contributed by atoms with Gasteiger partial charge in [0.15, 0.2) is 5.78 Å². The zero-order valence-electron chi connectivity index (χ0n) is 16.3. The van der Waals surface area contributed by atoms with Crippen LogP contribution in [-0.4, -0.2) is 21.8 Å². The molecule has 4 aliphatic carbocycles. The molecule has 2 nitrogen and oxygen atoms in total. The molecule has 6 atom stereocenters. The predicted octanol–water partition coefficient (Wildman–Crippen LogP) is 5.59. The zero-order valence-corrected chi connectivity index (χ0v) is 17.9. The van der Waals surface area contributed by atoms with Crippen molar-refractivity contribution >= 4 is 21.7 Å². The Hall–Kier alpha value is -0.410. The molecular weight excluding hydrogens is 388 g/mol. The van der Waals surface area contributed by atoms with Gasteiger partial charge in [0.1, 0.15) is 0 Å². The van der Waals surface area contributed by atoms with Crippen LogP contribution in [0.25, 0.3) is 0 Å². The van der Waals surface area contributed by atoms with E-state index in [0.29, 0.717) is 23.5 Å². The Morgan fingerprint density at radius 2 is 1.92 bits per heavy atom. The Morgan fingerprint density at radius 3 is 2.69 bits per heavy atom. The lowest BCUT2D eigenvalue weighted by molar-refractivity contribution is -0.120. The predicted molar refractivity (Wildman–Crippen MR) is 109 cm³/mol. The average molecular weight is 421 g/mol. The van der Waals surface area contributed by atoms with Gasteiger partial charge in [-0.3, -0.25) is 4.79 Å². The van der Waals surface area contributed by atoms with E-state index >= 15 is 0 Å². The van der Waals surface area contributed by atoms with Crippen LogP contribution in [0.3, 0.4) is 0 Å². The summed E-state index contributed by atoms with van der Waals surface area (Å²) in [6, 6.07) is 0. The molecule has 0 bridgehead atoms. The fourth-order valence-electron chi connectivity index (χ4n) is 7.23. The van der Waals surface area contributed by atoms with Crippen molar-refractivity contribution in [1.29, 1.82) is 0 Å². The number of fused-ring (bicyclic) bond motifs is 5. The van der Waals surface area contributed by atoms with Crippen molar-refractivity contribution < 1.29 is 9.90 Å². The number of hydrogen-bond acceptors (Lipinski definition) is 2. The van der Waals surface area contributed by atoms with Gasteiger partial charge in [-0.15, -0.1) is 0 Å². The number of allylic oxidation sites excluding steroid dienone is 2. The topological polar surface area (TPSA) is 37.3 Å². The number of aliphatic hydroxyl groups is 1. The van der Waals surface area contributed by atoms with Crippen molar-refractivity contribution in [1.82, 2.24) is 0 Å². The molecule has 4 unspecified atom stereocenters. The minimum Gasteiger partial charge on any atom is -0.385 e. The third-order valence-electron chi connectivity index (χ3n) is 8.85.